The number of ether oxygens (including phenoxy) is 1. The molecule has 3 nitrogen and oxygen atoms in total. The van der Waals surface area contributed by atoms with Crippen molar-refractivity contribution in [2.45, 2.75) is 19.4 Å². The van der Waals surface area contributed by atoms with E-state index in [2.05, 4.69) is 0 Å². The maximum atomic E-state index is 9.89. The minimum absolute atomic E-state index is 0.0486. The molecule has 0 aromatic heterocycles. The van der Waals surface area contributed by atoms with Gasteiger partial charge in [-0.25, -0.2) is 5.11 Å². The molecule has 1 radical (unpaired) electrons. The Bertz CT molecular complexity index is 70.7. The van der Waals surface area contributed by atoms with Gasteiger partial charge in [0.1, 0.15) is 6.61 Å². The third-order valence-electron chi connectivity index (χ3n) is 0.957. The van der Waals surface area contributed by atoms with E-state index in [9.17, 15) is 5.11 Å². The van der Waals surface area contributed by atoms with Crippen LogP contribution in [0.1, 0.15) is 13.8 Å². The molecular formula is C6H13O3. The predicted molar refractivity (Wildman–Crippen MR) is 32.7 cm³/mol. The summed E-state index contributed by atoms with van der Waals surface area (Å²) in [5, 5.41) is 18.5. The van der Waals surface area contributed by atoms with Crippen LogP contribution in [0, 0.1) is 0 Å². The van der Waals surface area contributed by atoms with Crippen LogP contribution in [0.3, 0.4) is 0 Å². The highest BCUT2D eigenvalue weighted by Gasteiger charge is 2.15. The molecule has 9 heavy (non-hydrogen) atoms. The Labute approximate surface area is 55.3 Å². The van der Waals surface area contributed by atoms with Crippen LogP contribution in [0.4, 0.5) is 0 Å². The van der Waals surface area contributed by atoms with Gasteiger partial charge in [0.05, 0.1) is 18.8 Å². The van der Waals surface area contributed by atoms with Gasteiger partial charge in [0.15, 0.2) is 0 Å². The molecule has 0 aromatic carbocycles. The van der Waals surface area contributed by atoms with E-state index in [4.69, 9.17) is 9.84 Å². The summed E-state index contributed by atoms with van der Waals surface area (Å²) >= 11 is 0. The van der Waals surface area contributed by atoms with E-state index in [0.717, 1.165) is 0 Å². The fraction of sp³-hybridized carbons (Fsp3) is 1.00. The molecule has 0 aromatic rings. The molecule has 0 unspecified atom stereocenters. The van der Waals surface area contributed by atoms with Gasteiger partial charge in [-0.05, 0) is 13.8 Å². The van der Waals surface area contributed by atoms with Gasteiger partial charge < -0.3 is 9.84 Å². The first kappa shape index (κ1) is 8.88. The van der Waals surface area contributed by atoms with Crippen molar-refractivity contribution in [3.8, 4) is 0 Å². The first-order valence-corrected chi connectivity index (χ1v) is 2.95. The molecule has 3 heteroatoms. The lowest BCUT2D eigenvalue weighted by Crippen LogP contribution is -2.29. The summed E-state index contributed by atoms with van der Waals surface area (Å²) in [6.45, 7) is 3.36. The number of aliphatic hydroxyl groups excluding tert-OH is 1. The van der Waals surface area contributed by atoms with E-state index >= 15 is 0 Å². The van der Waals surface area contributed by atoms with Crippen molar-refractivity contribution in [1.82, 2.24) is 0 Å². The smallest absolute Gasteiger partial charge is 0.106 e. The van der Waals surface area contributed by atoms with Crippen LogP contribution in [0.15, 0.2) is 0 Å². The first-order valence-electron chi connectivity index (χ1n) is 2.95. The number of aliphatic hydroxyl groups is 1. The van der Waals surface area contributed by atoms with E-state index in [0.29, 0.717) is 0 Å². The second-order valence-electron chi connectivity index (χ2n) is 2.47. The highest BCUT2D eigenvalue weighted by molar-refractivity contribution is 4.64. The van der Waals surface area contributed by atoms with Crippen molar-refractivity contribution in [3.05, 3.63) is 0 Å². The van der Waals surface area contributed by atoms with Crippen LogP contribution in [-0.4, -0.2) is 30.5 Å². The largest absolute Gasteiger partial charge is 0.393 e. The van der Waals surface area contributed by atoms with Crippen LogP contribution >= 0.6 is 0 Å². The van der Waals surface area contributed by atoms with Crippen molar-refractivity contribution in [1.29, 1.82) is 0 Å². The van der Waals surface area contributed by atoms with Gasteiger partial charge in [0.2, 0.25) is 0 Å². The van der Waals surface area contributed by atoms with Gasteiger partial charge in [-0.15, -0.1) is 0 Å². The normalized spacial score (nSPS) is 12.0. The van der Waals surface area contributed by atoms with Crippen molar-refractivity contribution in [2.75, 3.05) is 19.8 Å². The second-order valence-corrected chi connectivity index (χ2v) is 2.47. The highest BCUT2D eigenvalue weighted by Crippen LogP contribution is 2.05. The highest BCUT2D eigenvalue weighted by atomic mass is 16.5. The minimum atomic E-state index is -0.551. The molecule has 0 aliphatic heterocycles. The molecule has 0 fully saturated rings. The quantitative estimate of drug-likeness (QED) is 0.595. The lowest BCUT2D eigenvalue weighted by atomic mass is 10.1. The first-order chi connectivity index (χ1) is 4.12. The van der Waals surface area contributed by atoms with Crippen LogP contribution in [0.2, 0.25) is 0 Å². The Morgan fingerprint density at radius 1 is 1.56 bits per heavy atom. The zero-order valence-corrected chi connectivity index (χ0v) is 5.89. The number of rotatable bonds is 4. The predicted octanol–water partition coefficient (Wildman–Crippen LogP) is 0.204. The Morgan fingerprint density at radius 2 is 2.11 bits per heavy atom. The van der Waals surface area contributed by atoms with E-state index in [1.807, 2.05) is 0 Å². The summed E-state index contributed by atoms with van der Waals surface area (Å²) in [6.07, 6.45) is 0. The Morgan fingerprint density at radius 3 is 2.44 bits per heavy atom. The molecule has 0 bridgehead atoms. The Kier molecular flexibility index (Phi) is 3.77. The zero-order chi connectivity index (χ0) is 7.33. The molecule has 0 aliphatic carbocycles. The summed E-state index contributed by atoms with van der Waals surface area (Å²) in [7, 11) is 0. The van der Waals surface area contributed by atoms with Gasteiger partial charge in [-0.3, -0.25) is 0 Å². The van der Waals surface area contributed by atoms with Gasteiger partial charge >= 0.3 is 0 Å². The average molecular weight is 133 g/mol. The Balaban J connectivity index is 3.33. The third kappa shape index (κ3) is 4.39. The molecule has 0 spiro atoms. The molecule has 55 valence electrons. The van der Waals surface area contributed by atoms with Gasteiger partial charge in [-0.2, -0.15) is 0 Å². The lowest BCUT2D eigenvalue weighted by Gasteiger charge is -2.21. The summed E-state index contributed by atoms with van der Waals surface area (Å²) in [5.41, 5.74) is -0.551. The fourth-order valence-electron chi connectivity index (χ4n) is 0.364. The third-order valence-corrected chi connectivity index (χ3v) is 0.957. The molecule has 0 saturated heterocycles. The number of hydrogen-bond donors (Lipinski definition) is 1. The van der Waals surface area contributed by atoms with E-state index < -0.39 is 5.60 Å². The Hall–Kier alpha value is -0.120. The SMILES string of the molecule is CC(C)(CO)OCC[O]. The maximum absolute atomic E-state index is 9.89. The van der Waals surface area contributed by atoms with E-state index in [1.54, 1.807) is 13.8 Å². The molecule has 0 aliphatic rings. The standard InChI is InChI=1S/C6H13O3/c1-6(2,5-8)9-4-3-7/h8H,3-5H2,1-2H3. The van der Waals surface area contributed by atoms with Crippen molar-refractivity contribution < 1.29 is 14.9 Å². The van der Waals surface area contributed by atoms with Gasteiger partial charge in [0.25, 0.3) is 0 Å². The van der Waals surface area contributed by atoms with Gasteiger partial charge in [-0.1, -0.05) is 0 Å². The average Bonchev–Trinajstić information content (AvgIpc) is 1.84. The summed E-state index contributed by atoms with van der Waals surface area (Å²) in [4.78, 5) is 0. The molecule has 0 rings (SSSR count). The van der Waals surface area contributed by atoms with Crippen molar-refractivity contribution >= 4 is 0 Å². The molecule has 0 amide bonds. The minimum Gasteiger partial charge on any atom is -0.393 e. The fourth-order valence-corrected chi connectivity index (χ4v) is 0.364. The summed E-state index contributed by atoms with van der Waals surface area (Å²) in [5.74, 6) is 0. The molecule has 1 N–H and O–H groups in total. The van der Waals surface area contributed by atoms with Crippen molar-refractivity contribution in [2.24, 2.45) is 0 Å². The second kappa shape index (κ2) is 3.82. The lowest BCUT2D eigenvalue weighted by molar-refractivity contribution is -0.0710. The van der Waals surface area contributed by atoms with Gasteiger partial charge in [0, 0.05) is 0 Å². The van der Waals surface area contributed by atoms with E-state index in [1.165, 1.54) is 0 Å². The number of hydrogen-bond acceptors (Lipinski definition) is 2. The monoisotopic (exact) mass is 133 g/mol. The molecular weight excluding hydrogens is 120 g/mol. The molecule has 0 atom stereocenters. The summed E-state index contributed by atoms with van der Waals surface area (Å²) < 4.78 is 4.97. The molecule has 0 heterocycles. The van der Waals surface area contributed by atoms with Crippen LogP contribution in [0.25, 0.3) is 0 Å². The van der Waals surface area contributed by atoms with Crippen LogP contribution in [-0.2, 0) is 9.84 Å². The maximum Gasteiger partial charge on any atom is 0.106 e. The zero-order valence-electron chi connectivity index (χ0n) is 5.89. The van der Waals surface area contributed by atoms with E-state index in [-0.39, 0.29) is 19.8 Å². The van der Waals surface area contributed by atoms with Crippen LogP contribution in [0.5, 0.6) is 0 Å². The topological polar surface area (TPSA) is 49.4 Å². The van der Waals surface area contributed by atoms with Crippen molar-refractivity contribution in [3.63, 3.8) is 0 Å². The van der Waals surface area contributed by atoms with Crippen LogP contribution < -0.4 is 0 Å². The molecule has 0 saturated carbocycles. The summed E-state index contributed by atoms with van der Waals surface area (Å²) in [6, 6.07) is 0.